The second-order valence-corrected chi connectivity index (χ2v) is 17.4. The summed E-state index contributed by atoms with van der Waals surface area (Å²) in [6.45, 7) is 19.5. The minimum absolute atomic E-state index is 0.332. The molecule has 0 radical (unpaired) electrons. The van der Waals surface area contributed by atoms with Crippen LogP contribution in [0.5, 0.6) is 0 Å². The van der Waals surface area contributed by atoms with Gasteiger partial charge in [0.05, 0.1) is 22.8 Å². The molecule has 3 N–H and O–H groups in total. The number of aromatic amines is 2. The summed E-state index contributed by atoms with van der Waals surface area (Å²) in [5, 5.41) is 19.0. The van der Waals surface area contributed by atoms with Crippen molar-refractivity contribution in [1.82, 2.24) is 19.9 Å². The molecule has 3 aromatic heterocycles. The van der Waals surface area contributed by atoms with Gasteiger partial charge in [-0.15, -0.1) is 0 Å². The van der Waals surface area contributed by atoms with Gasteiger partial charge in [-0.05, 0) is 178 Å². The lowest BCUT2D eigenvalue weighted by atomic mass is 9.92. The number of hydrogen-bond donors (Lipinski definition) is 3. The van der Waals surface area contributed by atoms with Gasteiger partial charge in [-0.2, -0.15) is 5.26 Å². The molecule has 0 atom stereocenters. The maximum Gasteiger partial charge on any atom is 0.346 e. The molecule has 0 fully saturated rings. The average molecular weight is 836 g/mol. The van der Waals surface area contributed by atoms with Crippen molar-refractivity contribution in [2.75, 3.05) is 0 Å². The van der Waals surface area contributed by atoms with Crippen LogP contribution in [0.4, 0.5) is 0 Å². The number of aryl methyl sites for hydroxylation is 9. The molecule has 7 heteroatoms. The summed E-state index contributed by atoms with van der Waals surface area (Å²) < 4.78 is 0. The maximum atomic E-state index is 11.7. The lowest BCUT2D eigenvalue weighted by molar-refractivity contribution is -0.132. The first kappa shape index (κ1) is 41.5. The molecular formula is C57H49N5O2. The zero-order valence-corrected chi connectivity index (χ0v) is 37.7. The smallest absolute Gasteiger partial charge is 0.346 e. The molecule has 7 nitrogen and oxygen atoms in total. The van der Waals surface area contributed by atoms with Gasteiger partial charge >= 0.3 is 5.97 Å². The first-order valence-electron chi connectivity index (χ1n) is 21.6. The van der Waals surface area contributed by atoms with Crippen LogP contribution in [0.25, 0.3) is 97.0 Å². The predicted octanol–water partition coefficient (Wildman–Crippen LogP) is 14.1. The molecule has 0 saturated heterocycles. The minimum Gasteiger partial charge on any atom is -0.477 e. The van der Waals surface area contributed by atoms with Gasteiger partial charge in [-0.1, -0.05) is 77.4 Å². The Bertz CT molecular complexity index is 3330. The van der Waals surface area contributed by atoms with E-state index in [2.05, 4.69) is 157 Å². The molecule has 8 bridgehead atoms. The molecule has 64 heavy (non-hydrogen) atoms. The van der Waals surface area contributed by atoms with Gasteiger partial charge < -0.3 is 15.1 Å². The SMILES string of the molecule is Cc1cc(C)c(-c2c3nc(c(-c4c(C)cc(C)cc4C)c4ccc([nH]4)c(-c4c(C)cc(C)cc4C)c4nc(c(-c5ccc(/C=C(\C#N)C(=O)O)cc5)c5ccc2[nH]5)C=C4)C=C3)c(C)c1. The van der Waals surface area contributed by atoms with E-state index in [0.29, 0.717) is 5.56 Å². The number of rotatable bonds is 6. The Kier molecular flexibility index (Phi) is 10.5. The number of benzene rings is 4. The molecule has 0 saturated carbocycles. The van der Waals surface area contributed by atoms with E-state index in [1.165, 1.54) is 33.9 Å². The molecule has 0 amide bonds. The van der Waals surface area contributed by atoms with Gasteiger partial charge in [-0.3, -0.25) is 0 Å². The third-order valence-electron chi connectivity index (χ3n) is 12.4. The number of nitrogens with one attached hydrogen (secondary N) is 2. The van der Waals surface area contributed by atoms with Crippen molar-refractivity contribution in [3.05, 3.63) is 169 Å². The van der Waals surface area contributed by atoms with E-state index in [1.807, 2.05) is 24.3 Å². The highest BCUT2D eigenvalue weighted by molar-refractivity contribution is 6.02. The Balaban J connectivity index is 1.48. The fraction of sp³-hybridized carbons (Fsp3) is 0.158. The first-order chi connectivity index (χ1) is 30.7. The highest BCUT2D eigenvalue weighted by atomic mass is 16.4. The van der Waals surface area contributed by atoms with Crippen LogP contribution in [-0.2, 0) is 4.79 Å². The number of nitriles is 1. The van der Waals surface area contributed by atoms with Crippen LogP contribution >= 0.6 is 0 Å². The Labute approximate surface area is 373 Å². The highest BCUT2D eigenvalue weighted by Crippen LogP contribution is 2.42. The van der Waals surface area contributed by atoms with Crippen molar-refractivity contribution in [1.29, 1.82) is 5.26 Å². The van der Waals surface area contributed by atoms with Gasteiger partial charge in [-0.25, -0.2) is 14.8 Å². The number of carboxylic acid groups (broad SMARTS) is 1. The lowest BCUT2D eigenvalue weighted by Gasteiger charge is -2.14. The molecule has 4 aromatic carbocycles. The summed E-state index contributed by atoms with van der Waals surface area (Å²) in [5.74, 6) is -1.27. The standard InChI is InChI=1S/C57H49N5O2/c1-30-22-33(4)50(34(5)23-30)54-44-16-14-42(59-44)53(40-12-10-39(11-13-40)28-41(29-58)57(63)64)43-15-17-45(60-43)55(51-35(6)24-31(2)25-36(51)7)47-19-21-49(62-47)56(48-20-18-46(54)61-48)52-37(8)26-32(3)27-38(52)9/h10-28,59,62H,1-9H3,(H,63,64)/b41-28+,53-42?,53-43?,54-44?,54-46?,55-45?,55-47?,56-48?,56-49?. The Morgan fingerprint density at radius 1 is 0.484 bits per heavy atom. The van der Waals surface area contributed by atoms with E-state index in [9.17, 15) is 15.2 Å². The van der Waals surface area contributed by atoms with Crippen LogP contribution in [-0.4, -0.2) is 31.0 Å². The predicted molar refractivity (Wildman–Crippen MR) is 264 cm³/mol. The summed E-state index contributed by atoms with van der Waals surface area (Å²) in [5.41, 5.74) is 26.1. The van der Waals surface area contributed by atoms with Crippen molar-refractivity contribution < 1.29 is 9.90 Å². The van der Waals surface area contributed by atoms with E-state index in [-0.39, 0.29) is 5.57 Å². The van der Waals surface area contributed by atoms with Crippen LogP contribution in [0, 0.1) is 73.6 Å². The van der Waals surface area contributed by atoms with Crippen molar-refractivity contribution in [3.63, 3.8) is 0 Å². The summed E-state index contributed by atoms with van der Waals surface area (Å²) in [6.07, 6.45) is 9.88. The zero-order valence-electron chi connectivity index (χ0n) is 37.7. The number of carboxylic acids is 1. The summed E-state index contributed by atoms with van der Waals surface area (Å²) in [7, 11) is 0. The van der Waals surface area contributed by atoms with Crippen molar-refractivity contribution in [3.8, 4) is 50.6 Å². The maximum absolute atomic E-state index is 11.7. The number of carbonyl (C=O) groups is 1. The number of nitrogens with zero attached hydrogens (tertiary/aromatic N) is 3. The van der Waals surface area contributed by atoms with Crippen molar-refractivity contribution in [2.24, 2.45) is 0 Å². The fourth-order valence-electron chi connectivity index (χ4n) is 10.1. The van der Waals surface area contributed by atoms with E-state index >= 15 is 0 Å². The lowest BCUT2D eigenvalue weighted by Crippen LogP contribution is -1.97. The Hall–Kier alpha value is -7.82. The topological polar surface area (TPSA) is 118 Å². The van der Waals surface area contributed by atoms with Gasteiger partial charge in [0.2, 0.25) is 0 Å². The molecular weight excluding hydrogens is 787 g/mol. The Morgan fingerprint density at radius 2 is 0.797 bits per heavy atom. The van der Waals surface area contributed by atoms with Crippen LogP contribution < -0.4 is 0 Å². The van der Waals surface area contributed by atoms with E-state index < -0.39 is 5.97 Å². The number of H-pyrrole nitrogens is 2. The second kappa shape index (κ2) is 16.1. The first-order valence-corrected chi connectivity index (χ1v) is 21.6. The molecule has 0 unspecified atom stereocenters. The monoisotopic (exact) mass is 835 g/mol. The number of hydrogen-bond acceptors (Lipinski definition) is 4. The molecule has 0 spiro atoms. The molecule has 2 aliphatic rings. The van der Waals surface area contributed by atoms with E-state index in [4.69, 9.17) is 9.97 Å². The Morgan fingerprint density at radius 3 is 1.11 bits per heavy atom. The third-order valence-corrected chi connectivity index (χ3v) is 12.4. The number of aromatic nitrogens is 4. The summed E-state index contributed by atoms with van der Waals surface area (Å²) in [4.78, 5) is 30.6. The van der Waals surface area contributed by atoms with Crippen molar-refractivity contribution in [2.45, 2.75) is 62.3 Å². The normalized spacial score (nSPS) is 12.2. The van der Waals surface area contributed by atoms with Gasteiger partial charge in [0.1, 0.15) is 11.6 Å². The van der Waals surface area contributed by atoms with Gasteiger partial charge in [0, 0.05) is 44.3 Å². The summed E-state index contributed by atoms with van der Waals surface area (Å²) >= 11 is 0. The quantitative estimate of drug-likeness (QED) is 0.114. The number of aliphatic carboxylic acids is 1. The van der Waals surface area contributed by atoms with Crippen LogP contribution in [0.3, 0.4) is 0 Å². The fourth-order valence-corrected chi connectivity index (χ4v) is 10.1. The van der Waals surface area contributed by atoms with Crippen LogP contribution in [0.15, 0.2) is 90.5 Å². The third kappa shape index (κ3) is 7.37. The zero-order chi connectivity index (χ0) is 45.1. The van der Waals surface area contributed by atoms with Crippen LogP contribution in [0.2, 0.25) is 0 Å². The molecule has 5 heterocycles. The summed E-state index contributed by atoms with van der Waals surface area (Å²) in [6, 6.07) is 31.4. The molecule has 314 valence electrons. The number of fused-ring (bicyclic) bond motifs is 8. The highest BCUT2D eigenvalue weighted by Gasteiger charge is 2.23. The largest absolute Gasteiger partial charge is 0.477 e. The van der Waals surface area contributed by atoms with E-state index in [1.54, 1.807) is 6.07 Å². The second-order valence-electron chi connectivity index (χ2n) is 17.4. The van der Waals surface area contributed by atoms with Gasteiger partial charge in [0.15, 0.2) is 0 Å². The molecule has 2 aliphatic heterocycles. The molecule has 9 rings (SSSR count). The van der Waals surface area contributed by atoms with Crippen LogP contribution in [0.1, 0.15) is 78.4 Å². The van der Waals surface area contributed by atoms with Gasteiger partial charge in [0.25, 0.3) is 0 Å². The van der Waals surface area contributed by atoms with E-state index in [0.717, 1.165) is 112 Å². The molecule has 0 aliphatic carbocycles. The van der Waals surface area contributed by atoms with Crippen molar-refractivity contribution >= 4 is 58.4 Å². The minimum atomic E-state index is -1.27. The average Bonchev–Trinajstić information content (AvgIpc) is 4.07. The molecule has 7 aromatic rings.